The number of carbonyl (C=O) groups excluding carboxylic acids is 1. The van der Waals surface area contributed by atoms with E-state index in [9.17, 15) is 4.79 Å². The number of amides is 1. The summed E-state index contributed by atoms with van der Waals surface area (Å²) in [6.07, 6.45) is 0. The van der Waals surface area contributed by atoms with Crippen LogP contribution in [0.15, 0.2) is 12.1 Å². The molecular formula is C11H16ClN3O2. The van der Waals surface area contributed by atoms with Gasteiger partial charge in [0.25, 0.3) is 5.91 Å². The highest BCUT2D eigenvalue weighted by molar-refractivity contribution is 6.29. The Kier molecular flexibility index (Phi) is 5.18. The quantitative estimate of drug-likeness (QED) is 0.780. The number of hydrogen-bond acceptors (Lipinski definition) is 4. The lowest BCUT2D eigenvalue weighted by molar-refractivity contribution is 0.0934. The van der Waals surface area contributed by atoms with Crippen LogP contribution in [0, 0.1) is 5.92 Å². The summed E-state index contributed by atoms with van der Waals surface area (Å²) in [5.74, 6) is 0.259. The predicted molar refractivity (Wildman–Crippen MR) is 67.0 cm³/mol. The highest BCUT2D eigenvalue weighted by Crippen LogP contribution is 2.12. The van der Waals surface area contributed by atoms with Crippen molar-refractivity contribution in [3.63, 3.8) is 0 Å². The molecule has 6 heteroatoms. The summed E-state index contributed by atoms with van der Waals surface area (Å²) in [7, 11) is 1.63. The molecule has 0 spiro atoms. The molecule has 1 rings (SSSR count). The zero-order valence-electron chi connectivity index (χ0n) is 9.87. The van der Waals surface area contributed by atoms with E-state index in [2.05, 4.69) is 10.3 Å². The zero-order valence-corrected chi connectivity index (χ0v) is 10.6. The van der Waals surface area contributed by atoms with Crippen LogP contribution in [-0.2, 0) is 4.74 Å². The van der Waals surface area contributed by atoms with Gasteiger partial charge < -0.3 is 15.8 Å². The maximum Gasteiger partial charge on any atom is 0.251 e. The number of ether oxygens (including phenoxy) is 1. The monoisotopic (exact) mass is 257 g/mol. The minimum atomic E-state index is -0.219. The summed E-state index contributed by atoms with van der Waals surface area (Å²) in [6, 6.07) is 2.97. The standard InChI is InChI=1S/C11H16ClN3O2/c1-7(6-17-2)5-14-11(16)8-3-9(12)15-10(13)4-8/h3-4,7H,5-6H2,1-2H3,(H2,13,15)(H,14,16). The average molecular weight is 258 g/mol. The Bertz CT molecular complexity index is 378. The van der Waals surface area contributed by atoms with Gasteiger partial charge in [-0.2, -0.15) is 0 Å². The summed E-state index contributed by atoms with van der Waals surface area (Å²) in [5.41, 5.74) is 5.91. The fraction of sp³-hybridized carbons (Fsp3) is 0.455. The average Bonchev–Trinajstić information content (AvgIpc) is 2.25. The molecule has 0 saturated carbocycles. The smallest absolute Gasteiger partial charge is 0.251 e. The fourth-order valence-electron chi connectivity index (χ4n) is 1.36. The number of pyridine rings is 1. The maximum atomic E-state index is 11.8. The van der Waals surface area contributed by atoms with Gasteiger partial charge in [0.15, 0.2) is 0 Å². The second kappa shape index (κ2) is 6.42. The van der Waals surface area contributed by atoms with Crippen molar-refractivity contribution >= 4 is 23.3 Å². The molecule has 94 valence electrons. The Morgan fingerprint density at radius 2 is 2.35 bits per heavy atom. The molecule has 3 N–H and O–H groups in total. The molecule has 0 aliphatic carbocycles. The van der Waals surface area contributed by atoms with E-state index in [0.717, 1.165) is 0 Å². The van der Waals surface area contributed by atoms with Crippen molar-refractivity contribution in [2.45, 2.75) is 6.92 Å². The minimum Gasteiger partial charge on any atom is -0.384 e. The van der Waals surface area contributed by atoms with E-state index in [0.29, 0.717) is 18.7 Å². The molecule has 0 bridgehead atoms. The Morgan fingerprint density at radius 3 is 2.94 bits per heavy atom. The van der Waals surface area contributed by atoms with Gasteiger partial charge in [-0.1, -0.05) is 18.5 Å². The van der Waals surface area contributed by atoms with Crippen molar-refractivity contribution in [3.8, 4) is 0 Å². The lowest BCUT2D eigenvalue weighted by atomic mass is 10.2. The van der Waals surface area contributed by atoms with Crippen molar-refractivity contribution in [1.82, 2.24) is 10.3 Å². The molecule has 1 unspecified atom stereocenters. The van der Waals surface area contributed by atoms with Gasteiger partial charge >= 0.3 is 0 Å². The highest BCUT2D eigenvalue weighted by Gasteiger charge is 2.09. The van der Waals surface area contributed by atoms with Gasteiger partial charge in [-0.15, -0.1) is 0 Å². The van der Waals surface area contributed by atoms with Gasteiger partial charge in [0.05, 0.1) is 6.61 Å². The van der Waals surface area contributed by atoms with Gasteiger partial charge in [-0.25, -0.2) is 4.98 Å². The van der Waals surface area contributed by atoms with E-state index in [1.165, 1.54) is 12.1 Å². The number of hydrogen-bond donors (Lipinski definition) is 2. The molecule has 0 aliphatic heterocycles. The molecule has 0 fully saturated rings. The van der Waals surface area contributed by atoms with E-state index < -0.39 is 0 Å². The number of halogens is 1. The second-order valence-electron chi connectivity index (χ2n) is 3.87. The fourth-order valence-corrected chi connectivity index (χ4v) is 1.58. The van der Waals surface area contributed by atoms with Crippen molar-refractivity contribution < 1.29 is 9.53 Å². The van der Waals surface area contributed by atoms with Crippen molar-refractivity contribution in [2.24, 2.45) is 5.92 Å². The second-order valence-corrected chi connectivity index (χ2v) is 4.26. The summed E-state index contributed by atoms with van der Waals surface area (Å²) < 4.78 is 4.98. The van der Waals surface area contributed by atoms with Crippen LogP contribution in [0.5, 0.6) is 0 Å². The molecule has 17 heavy (non-hydrogen) atoms. The molecule has 1 aromatic heterocycles. The van der Waals surface area contributed by atoms with Crippen LogP contribution in [0.2, 0.25) is 5.15 Å². The number of aromatic nitrogens is 1. The number of rotatable bonds is 5. The number of carbonyl (C=O) groups is 1. The zero-order chi connectivity index (χ0) is 12.8. The summed E-state index contributed by atoms with van der Waals surface area (Å²) >= 11 is 5.72. The molecule has 0 saturated heterocycles. The van der Waals surface area contributed by atoms with Crippen LogP contribution in [-0.4, -0.2) is 31.2 Å². The molecule has 0 radical (unpaired) electrons. The van der Waals surface area contributed by atoms with E-state index in [4.69, 9.17) is 22.1 Å². The number of nitrogen functional groups attached to an aromatic ring is 1. The first-order valence-corrected chi connectivity index (χ1v) is 5.61. The van der Waals surface area contributed by atoms with Crippen LogP contribution in [0.3, 0.4) is 0 Å². The Hall–Kier alpha value is -1.33. The molecule has 0 aromatic carbocycles. The van der Waals surface area contributed by atoms with Crippen LogP contribution in [0.4, 0.5) is 5.82 Å². The minimum absolute atomic E-state index is 0.208. The third kappa shape index (κ3) is 4.58. The van der Waals surface area contributed by atoms with Crippen molar-refractivity contribution in [2.75, 3.05) is 26.0 Å². The number of anilines is 1. The summed E-state index contributed by atoms with van der Waals surface area (Å²) in [6.45, 7) is 3.11. The van der Waals surface area contributed by atoms with E-state index in [-0.39, 0.29) is 22.8 Å². The molecule has 5 nitrogen and oxygen atoms in total. The maximum absolute atomic E-state index is 11.8. The number of nitrogens with zero attached hydrogens (tertiary/aromatic N) is 1. The van der Waals surface area contributed by atoms with Gasteiger partial charge in [-0.05, 0) is 18.1 Å². The van der Waals surface area contributed by atoms with E-state index in [1.54, 1.807) is 7.11 Å². The van der Waals surface area contributed by atoms with Gasteiger partial charge in [0.2, 0.25) is 0 Å². The normalized spacial score (nSPS) is 12.2. The van der Waals surface area contributed by atoms with Gasteiger partial charge in [0, 0.05) is 19.2 Å². The molecule has 1 atom stereocenters. The lowest BCUT2D eigenvalue weighted by Crippen LogP contribution is -2.30. The number of nitrogens with one attached hydrogen (secondary N) is 1. The Morgan fingerprint density at radius 1 is 1.65 bits per heavy atom. The molecule has 1 aromatic rings. The third-order valence-electron chi connectivity index (χ3n) is 2.14. The van der Waals surface area contributed by atoms with Crippen molar-refractivity contribution in [3.05, 3.63) is 22.8 Å². The first-order valence-electron chi connectivity index (χ1n) is 5.23. The lowest BCUT2D eigenvalue weighted by Gasteiger charge is -2.11. The van der Waals surface area contributed by atoms with Gasteiger partial charge in [-0.3, -0.25) is 4.79 Å². The molecule has 0 aliphatic rings. The predicted octanol–water partition coefficient (Wildman–Crippen LogP) is 1.33. The SMILES string of the molecule is COCC(C)CNC(=O)c1cc(N)nc(Cl)c1. The van der Waals surface area contributed by atoms with Crippen LogP contribution < -0.4 is 11.1 Å². The Balaban J connectivity index is 2.58. The number of nitrogens with two attached hydrogens (primary N) is 1. The first kappa shape index (κ1) is 13.7. The summed E-state index contributed by atoms with van der Waals surface area (Å²) in [5, 5.41) is 2.99. The first-order chi connectivity index (χ1) is 8.02. The summed E-state index contributed by atoms with van der Waals surface area (Å²) in [4.78, 5) is 15.5. The van der Waals surface area contributed by atoms with Crippen LogP contribution >= 0.6 is 11.6 Å². The highest BCUT2D eigenvalue weighted by atomic mass is 35.5. The van der Waals surface area contributed by atoms with E-state index in [1.807, 2.05) is 6.92 Å². The molecular weight excluding hydrogens is 242 g/mol. The topological polar surface area (TPSA) is 77.2 Å². The van der Waals surface area contributed by atoms with Crippen LogP contribution in [0.25, 0.3) is 0 Å². The molecule has 1 amide bonds. The number of methoxy groups -OCH3 is 1. The third-order valence-corrected chi connectivity index (χ3v) is 2.33. The van der Waals surface area contributed by atoms with Gasteiger partial charge in [0.1, 0.15) is 11.0 Å². The van der Waals surface area contributed by atoms with E-state index >= 15 is 0 Å². The largest absolute Gasteiger partial charge is 0.384 e. The van der Waals surface area contributed by atoms with Crippen molar-refractivity contribution in [1.29, 1.82) is 0 Å². The van der Waals surface area contributed by atoms with Crippen LogP contribution in [0.1, 0.15) is 17.3 Å². The molecule has 1 heterocycles. The Labute approximate surface area is 105 Å².